The van der Waals surface area contributed by atoms with Crippen molar-refractivity contribution in [2.45, 2.75) is 68.7 Å². The van der Waals surface area contributed by atoms with Crippen LogP contribution in [-0.4, -0.2) is 53.0 Å². The molecule has 2 unspecified atom stereocenters. The average molecular weight is 521 g/mol. The first-order valence-electron chi connectivity index (χ1n) is 12.4. The van der Waals surface area contributed by atoms with E-state index in [0.29, 0.717) is 27.9 Å². The maximum Gasteiger partial charge on any atom is 0.194 e. The van der Waals surface area contributed by atoms with Crippen LogP contribution in [0.4, 0.5) is 0 Å². The Labute approximate surface area is 214 Å². The monoisotopic (exact) mass is 520 g/mol. The van der Waals surface area contributed by atoms with Gasteiger partial charge in [-0.15, -0.1) is 0 Å². The Morgan fingerprint density at radius 3 is 2.57 bits per heavy atom. The number of methoxy groups -OCH3 is 2. The number of halogens is 1. The van der Waals surface area contributed by atoms with Crippen LogP contribution in [0.25, 0.3) is 0 Å². The van der Waals surface area contributed by atoms with E-state index in [1.807, 2.05) is 6.92 Å². The van der Waals surface area contributed by atoms with Gasteiger partial charge in [0.15, 0.2) is 21.3 Å². The molecule has 2 aliphatic rings. The number of rotatable bonds is 10. The van der Waals surface area contributed by atoms with Gasteiger partial charge in [-0.2, -0.15) is 0 Å². The molecule has 2 aromatic rings. The number of benzene rings is 2. The van der Waals surface area contributed by atoms with Crippen LogP contribution in [0.3, 0.4) is 0 Å². The molecule has 6 nitrogen and oxygen atoms in total. The lowest BCUT2D eigenvalue weighted by Gasteiger charge is -2.35. The predicted molar refractivity (Wildman–Crippen MR) is 141 cm³/mol. The van der Waals surface area contributed by atoms with Crippen LogP contribution in [0.2, 0.25) is 5.02 Å². The van der Waals surface area contributed by atoms with Crippen molar-refractivity contribution in [3.05, 3.63) is 51.0 Å². The zero-order valence-corrected chi connectivity index (χ0v) is 23.0. The molecule has 0 aromatic heterocycles. The normalized spacial score (nSPS) is 18.4. The van der Waals surface area contributed by atoms with Gasteiger partial charge in [0.25, 0.3) is 0 Å². The molecule has 1 heterocycles. The first kappa shape index (κ1) is 26.3. The molecule has 8 heteroatoms. The second kappa shape index (κ2) is 10.7. The second-order valence-electron chi connectivity index (χ2n) is 9.69. The third kappa shape index (κ3) is 4.93. The first-order valence-corrected chi connectivity index (χ1v) is 14.3. The van der Waals surface area contributed by atoms with E-state index in [1.165, 1.54) is 16.7 Å². The molecular weight excluding hydrogens is 484 g/mol. The predicted octanol–water partition coefficient (Wildman–Crippen LogP) is 5.01. The minimum Gasteiger partial charge on any atom is -0.493 e. The molecule has 2 atom stereocenters. The minimum absolute atomic E-state index is 0.370. The van der Waals surface area contributed by atoms with Crippen LogP contribution in [0.1, 0.15) is 59.5 Å². The van der Waals surface area contributed by atoms with Crippen molar-refractivity contribution >= 4 is 21.4 Å². The van der Waals surface area contributed by atoms with Crippen molar-refractivity contribution in [3.8, 4) is 11.5 Å². The van der Waals surface area contributed by atoms with E-state index in [2.05, 4.69) is 16.3 Å². The summed E-state index contributed by atoms with van der Waals surface area (Å²) in [6.45, 7) is 5.63. The molecule has 2 aromatic carbocycles. The Bertz CT molecular complexity index is 1200. The summed E-state index contributed by atoms with van der Waals surface area (Å²) in [5, 5.41) is 3.03. The Kier molecular flexibility index (Phi) is 8.01. The zero-order valence-electron chi connectivity index (χ0n) is 21.4. The van der Waals surface area contributed by atoms with Gasteiger partial charge in [0.1, 0.15) is 5.37 Å². The maximum absolute atomic E-state index is 13.4. The topological polar surface area (TPSA) is 67.9 Å². The molecule has 1 aliphatic heterocycles. The summed E-state index contributed by atoms with van der Waals surface area (Å²) in [7, 11) is 1.65. The SMILES string of the molecule is CNC(CCCCN1CCc2cc(OC)c(OC)c3c2C1CC3)S(=O)(=O)c1cc(C)c(Cl)cc1C. The number of nitrogens with one attached hydrogen (secondary N) is 1. The van der Waals surface area contributed by atoms with Gasteiger partial charge in [0, 0.05) is 23.2 Å². The number of hydrogen-bond acceptors (Lipinski definition) is 6. The summed E-state index contributed by atoms with van der Waals surface area (Å²) in [4.78, 5) is 2.94. The summed E-state index contributed by atoms with van der Waals surface area (Å²) < 4.78 is 38.0. The first-order chi connectivity index (χ1) is 16.7. The summed E-state index contributed by atoms with van der Waals surface area (Å²) in [5.74, 6) is 1.71. The number of aryl methyl sites for hydroxylation is 2. The number of unbranched alkanes of at least 4 members (excludes halogenated alkanes) is 1. The zero-order chi connectivity index (χ0) is 25.3. The van der Waals surface area contributed by atoms with Crippen LogP contribution in [0, 0.1) is 13.8 Å². The molecule has 0 saturated heterocycles. The quantitative estimate of drug-likeness (QED) is 0.444. The second-order valence-corrected chi connectivity index (χ2v) is 12.2. The summed E-state index contributed by atoms with van der Waals surface area (Å²) in [6.07, 6.45) is 5.47. The third-order valence-corrected chi connectivity index (χ3v) is 10.3. The number of ether oxygens (including phenoxy) is 2. The lowest BCUT2D eigenvalue weighted by Crippen LogP contribution is -2.36. The fraction of sp³-hybridized carbons (Fsp3) is 0.556. The molecule has 4 rings (SSSR count). The molecule has 0 saturated carbocycles. The number of hydrogen-bond donors (Lipinski definition) is 1. The largest absolute Gasteiger partial charge is 0.493 e. The molecule has 0 radical (unpaired) electrons. The fourth-order valence-electron chi connectivity index (χ4n) is 5.80. The van der Waals surface area contributed by atoms with Gasteiger partial charge in [-0.1, -0.05) is 11.6 Å². The van der Waals surface area contributed by atoms with Gasteiger partial charge in [-0.25, -0.2) is 8.42 Å². The van der Waals surface area contributed by atoms with Crippen molar-refractivity contribution in [2.75, 3.05) is 34.4 Å². The third-order valence-electron chi connectivity index (χ3n) is 7.63. The minimum atomic E-state index is -3.50. The smallest absolute Gasteiger partial charge is 0.194 e. The Balaban J connectivity index is 1.40. The van der Waals surface area contributed by atoms with E-state index in [1.54, 1.807) is 40.3 Å². The Morgan fingerprint density at radius 1 is 1.11 bits per heavy atom. The van der Waals surface area contributed by atoms with Gasteiger partial charge >= 0.3 is 0 Å². The van der Waals surface area contributed by atoms with Crippen molar-refractivity contribution in [2.24, 2.45) is 0 Å². The molecule has 192 valence electrons. The highest BCUT2D eigenvalue weighted by Crippen LogP contribution is 2.48. The maximum atomic E-state index is 13.4. The summed E-state index contributed by atoms with van der Waals surface area (Å²) >= 11 is 6.19. The lowest BCUT2D eigenvalue weighted by molar-refractivity contribution is 0.181. The van der Waals surface area contributed by atoms with Crippen molar-refractivity contribution in [3.63, 3.8) is 0 Å². The van der Waals surface area contributed by atoms with E-state index in [4.69, 9.17) is 21.1 Å². The number of nitrogens with zero attached hydrogens (tertiary/aromatic N) is 1. The summed E-state index contributed by atoms with van der Waals surface area (Å²) in [5.41, 5.74) is 5.58. The van der Waals surface area contributed by atoms with Crippen LogP contribution in [0.5, 0.6) is 11.5 Å². The molecule has 0 bridgehead atoms. The van der Waals surface area contributed by atoms with Crippen LogP contribution in [-0.2, 0) is 22.7 Å². The van der Waals surface area contributed by atoms with Crippen molar-refractivity contribution in [1.29, 1.82) is 0 Å². The fourth-order valence-corrected chi connectivity index (χ4v) is 7.96. The van der Waals surface area contributed by atoms with Crippen LogP contribution < -0.4 is 14.8 Å². The highest BCUT2D eigenvalue weighted by molar-refractivity contribution is 7.92. The van der Waals surface area contributed by atoms with E-state index < -0.39 is 15.2 Å². The highest BCUT2D eigenvalue weighted by atomic mass is 35.5. The van der Waals surface area contributed by atoms with Gasteiger partial charge in [0.2, 0.25) is 0 Å². The van der Waals surface area contributed by atoms with E-state index >= 15 is 0 Å². The van der Waals surface area contributed by atoms with Gasteiger partial charge < -0.3 is 14.8 Å². The van der Waals surface area contributed by atoms with E-state index in [-0.39, 0.29) is 0 Å². The molecule has 0 amide bonds. The van der Waals surface area contributed by atoms with Gasteiger partial charge in [0.05, 0.1) is 19.1 Å². The molecule has 0 spiro atoms. The van der Waals surface area contributed by atoms with E-state index in [9.17, 15) is 8.42 Å². The molecular formula is C27H37ClN2O4S. The summed E-state index contributed by atoms with van der Waals surface area (Å²) in [6, 6.07) is 6.00. The molecule has 35 heavy (non-hydrogen) atoms. The van der Waals surface area contributed by atoms with Crippen molar-refractivity contribution in [1.82, 2.24) is 10.2 Å². The number of sulfone groups is 1. The Hall–Kier alpha value is -1.80. The highest BCUT2D eigenvalue weighted by Gasteiger charge is 2.36. The lowest BCUT2D eigenvalue weighted by atomic mass is 9.92. The Morgan fingerprint density at radius 2 is 1.89 bits per heavy atom. The molecule has 1 N–H and O–H groups in total. The molecule has 1 aliphatic carbocycles. The standard InChI is InChI=1S/C27H37ClN2O4S/c1-17-15-24(18(2)14-21(17)28)35(31,32)25(29-3)8-6-7-12-30-13-11-19-16-23(33-4)27(34-5)20-9-10-22(30)26(19)20/h14-16,22,25,29H,6-13H2,1-5H3. The van der Waals surface area contributed by atoms with Gasteiger partial charge in [-0.3, -0.25) is 4.90 Å². The molecule has 0 fully saturated rings. The average Bonchev–Trinajstić information content (AvgIpc) is 3.28. The van der Waals surface area contributed by atoms with Crippen LogP contribution in [0.15, 0.2) is 23.1 Å². The van der Waals surface area contributed by atoms with Crippen LogP contribution >= 0.6 is 11.6 Å². The van der Waals surface area contributed by atoms with Crippen molar-refractivity contribution < 1.29 is 17.9 Å². The van der Waals surface area contributed by atoms with Gasteiger partial charge in [-0.05, 0) is 106 Å². The van der Waals surface area contributed by atoms with E-state index in [0.717, 1.165) is 62.3 Å².